The van der Waals surface area contributed by atoms with Crippen LogP contribution in [0.15, 0.2) is 47.2 Å². The second-order valence-corrected chi connectivity index (χ2v) is 6.13. The second-order valence-electron chi connectivity index (χ2n) is 5.69. The van der Waals surface area contributed by atoms with Crippen molar-refractivity contribution in [2.75, 3.05) is 6.54 Å². The summed E-state index contributed by atoms with van der Waals surface area (Å²) in [5.41, 5.74) is 0.830. The average molecular weight is 360 g/mol. The number of nitrogens with zero attached hydrogens (tertiary/aromatic N) is 4. The summed E-state index contributed by atoms with van der Waals surface area (Å²) in [5, 5.41) is 11.6. The number of rotatable bonds is 7. The lowest BCUT2D eigenvalue weighted by Crippen LogP contribution is -2.33. The van der Waals surface area contributed by atoms with Gasteiger partial charge in [0.2, 0.25) is 17.6 Å². The molecular weight excluding hydrogens is 342 g/mol. The summed E-state index contributed by atoms with van der Waals surface area (Å²) in [6, 6.07) is 9.03. The number of carbonyl (C=O) groups excluding carboxylic acids is 1. The molecule has 8 heteroatoms. The van der Waals surface area contributed by atoms with E-state index in [1.54, 1.807) is 23.0 Å². The van der Waals surface area contributed by atoms with Crippen molar-refractivity contribution in [2.45, 2.75) is 19.9 Å². The Morgan fingerprint density at radius 1 is 1.36 bits per heavy atom. The van der Waals surface area contributed by atoms with Crippen molar-refractivity contribution in [1.29, 1.82) is 0 Å². The van der Waals surface area contributed by atoms with Crippen LogP contribution in [0.1, 0.15) is 12.8 Å². The molecule has 0 aliphatic carbocycles. The van der Waals surface area contributed by atoms with Crippen molar-refractivity contribution in [2.24, 2.45) is 5.92 Å². The number of nitrogens with one attached hydrogen (secondary N) is 1. The van der Waals surface area contributed by atoms with Crippen LogP contribution < -0.4 is 5.32 Å². The normalized spacial score (nSPS) is 12.1. The molecule has 0 radical (unpaired) electrons. The Balaban J connectivity index is 1.47. The predicted octanol–water partition coefficient (Wildman–Crippen LogP) is 2.58. The molecule has 1 atom stereocenters. The zero-order valence-corrected chi connectivity index (χ0v) is 14.5. The number of amides is 1. The van der Waals surface area contributed by atoms with Gasteiger partial charge in [0.15, 0.2) is 0 Å². The van der Waals surface area contributed by atoms with Crippen LogP contribution in [0.25, 0.3) is 11.4 Å². The van der Waals surface area contributed by atoms with Crippen LogP contribution in [-0.2, 0) is 17.8 Å². The molecule has 3 aromatic rings. The number of hydrogen-bond acceptors (Lipinski definition) is 5. The first-order valence-corrected chi connectivity index (χ1v) is 8.33. The van der Waals surface area contributed by atoms with Crippen LogP contribution in [0.2, 0.25) is 5.02 Å². The van der Waals surface area contributed by atoms with E-state index in [-0.39, 0.29) is 11.8 Å². The lowest BCUT2D eigenvalue weighted by Gasteiger charge is -2.11. The van der Waals surface area contributed by atoms with Crippen molar-refractivity contribution in [3.8, 4) is 11.4 Å². The maximum absolute atomic E-state index is 12.1. The fourth-order valence-corrected chi connectivity index (χ4v) is 2.44. The van der Waals surface area contributed by atoms with Crippen molar-refractivity contribution < 1.29 is 9.32 Å². The highest BCUT2D eigenvalue weighted by atomic mass is 35.5. The Morgan fingerprint density at radius 2 is 2.16 bits per heavy atom. The summed E-state index contributed by atoms with van der Waals surface area (Å²) >= 11 is 5.86. The number of benzene rings is 1. The van der Waals surface area contributed by atoms with Crippen molar-refractivity contribution >= 4 is 17.5 Å². The molecular formula is C17H18ClN5O2. The van der Waals surface area contributed by atoms with Crippen LogP contribution >= 0.6 is 11.6 Å². The molecule has 2 aromatic heterocycles. The van der Waals surface area contributed by atoms with E-state index in [0.717, 1.165) is 5.56 Å². The van der Waals surface area contributed by atoms with Gasteiger partial charge in [-0.25, -0.2) is 0 Å². The zero-order chi connectivity index (χ0) is 17.6. The van der Waals surface area contributed by atoms with Crippen LogP contribution in [0.3, 0.4) is 0 Å². The van der Waals surface area contributed by atoms with Crippen LogP contribution in [-0.4, -0.2) is 32.4 Å². The molecule has 0 saturated heterocycles. The minimum atomic E-state index is -0.174. The number of hydrogen-bond donors (Lipinski definition) is 1. The van der Waals surface area contributed by atoms with Gasteiger partial charge in [-0.3, -0.25) is 9.48 Å². The molecule has 0 aliphatic rings. The first kappa shape index (κ1) is 17.2. The monoisotopic (exact) mass is 359 g/mol. The highest BCUT2D eigenvalue weighted by molar-refractivity contribution is 6.30. The lowest BCUT2D eigenvalue weighted by molar-refractivity contribution is -0.124. The third-order valence-electron chi connectivity index (χ3n) is 3.68. The van der Waals surface area contributed by atoms with E-state index in [2.05, 4.69) is 20.6 Å². The van der Waals surface area contributed by atoms with Gasteiger partial charge in [0.05, 0.1) is 12.5 Å². The van der Waals surface area contributed by atoms with Gasteiger partial charge in [-0.05, 0) is 30.3 Å². The van der Waals surface area contributed by atoms with Gasteiger partial charge in [0.25, 0.3) is 0 Å². The van der Waals surface area contributed by atoms with E-state index in [0.29, 0.717) is 36.2 Å². The molecule has 1 amide bonds. The molecule has 25 heavy (non-hydrogen) atoms. The van der Waals surface area contributed by atoms with Gasteiger partial charge in [-0.1, -0.05) is 23.7 Å². The SMILES string of the molecule is C[C@H](Cn1cccn1)C(=O)NCCc1nc(-c2ccc(Cl)cc2)no1. The molecule has 0 unspecified atom stereocenters. The fourth-order valence-electron chi connectivity index (χ4n) is 2.31. The van der Waals surface area contributed by atoms with E-state index in [1.807, 2.05) is 31.3 Å². The molecule has 0 saturated carbocycles. The van der Waals surface area contributed by atoms with E-state index < -0.39 is 0 Å². The van der Waals surface area contributed by atoms with Crippen molar-refractivity contribution in [3.63, 3.8) is 0 Å². The molecule has 1 aromatic carbocycles. The Morgan fingerprint density at radius 3 is 2.88 bits per heavy atom. The summed E-state index contributed by atoms with van der Waals surface area (Å²) in [7, 11) is 0. The summed E-state index contributed by atoms with van der Waals surface area (Å²) in [5.74, 6) is 0.773. The lowest BCUT2D eigenvalue weighted by atomic mass is 10.1. The quantitative estimate of drug-likeness (QED) is 0.700. The van der Waals surface area contributed by atoms with Gasteiger partial charge in [0, 0.05) is 35.9 Å². The standard InChI is InChI=1S/C17H18ClN5O2/c1-12(11-23-10-2-8-20-23)17(24)19-9-7-15-21-16(22-25-15)13-3-5-14(18)6-4-13/h2-6,8,10,12H,7,9,11H2,1H3,(H,19,24)/t12-/m1/s1. The third kappa shape index (κ3) is 4.67. The van der Waals surface area contributed by atoms with Crippen LogP contribution in [0.4, 0.5) is 0 Å². The van der Waals surface area contributed by atoms with E-state index in [4.69, 9.17) is 16.1 Å². The Kier molecular flexibility index (Phi) is 5.45. The van der Waals surface area contributed by atoms with E-state index in [9.17, 15) is 4.79 Å². The zero-order valence-electron chi connectivity index (χ0n) is 13.7. The number of carbonyl (C=O) groups is 1. The maximum Gasteiger partial charge on any atom is 0.228 e. The second kappa shape index (κ2) is 7.94. The summed E-state index contributed by atoms with van der Waals surface area (Å²) in [4.78, 5) is 16.4. The number of halogens is 1. The minimum Gasteiger partial charge on any atom is -0.355 e. The average Bonchev–Trinajstić information content (AvgIpc) is 3.27. The van der Waals surface area contributed by atoms with Crippen molar-refractivity contribution in [3.05, 3.63) is 53.6 Å². The third-order valence-corrected chi connectivity index (χ3v) is 3.93. The topological polar surface area (TPSA) is 85.8 Å². The van der Waals surface area contributed by atoms with Crippen LogP contribution in [0.5, 0.6) is 0 Å². The summed E-state index contributed by atoms with van der Waals surface area (Å²) in [6.07, 6.45) is 4.00. The van der Waals surface area contributed by atoms with Gasteiger partial charge in [0.1, 0.15) is 0 Å². The first-order chi connectivity index (χ1) is 12.1. The minimum absolute atomic E-state index is 0.0343. The molecule has 7 nitrogen and oxygen atoms in total. The fraction of sp³-hybridized carbons (Fsp3) is 0.294. The largest absolute Gasteiger partial charge is 0.355 e. The predicted molar refractivity (Wildman–Crippen MR) is 92.8 cm³/mol. The van der Waals surface area contributed by atoms with Gasteiger partial charge >= 0.3 is 0 Å². The Hall–Kier alpha value is -2.67. The van der Waals surface area contributed by atoms with Crippen molar-refractivity contribution in [1.82, 2.24) is 25.2 Å². The summed E-state index contributed by atoms with van der Waals surface area (Å²) < 4.78 is 6.95. The van der Waals surface area contributed by atoms with E-state index in [1.165, 1.54) is 0 Å². The molecule has 1 N–H and O–H groups in total. The van der Waals surface area contributed by atoms with Gasteiger partial charge in [-0.15, -0.1) is 0 Å². The molecule has 3 rings (SSSR count). The van der Waals surface area contributed by atoms with Crippen LogP contribution in [0, 0.1) is 5.92 Å². The smallest absolute Gasteiger partial charge is 0.228 e. The molecule has 0 aliphatic heterocycles. The Labute approximate surface area is 150 Å². The highest BCUT2D eigenvalue weighted by Gasteiger charge is 2.14. The molecule has 0 bridgehead atoms. The molecule has 0 fully saturated rings. The highest BCUT2D eigenvalue weighted by Crippen LogP contribution is 2.18. The Bertz CT molecular complexity index is 814. The maximum atomic E-state index is 12.1. The summed E-state index contributed by atoms with van der Waals surface area (Å²) in [6.45, 7) is 2.84. The molecule has 130 valence electrons. The molecule has 0 spiro atoms. The first-order valence-electron chi connectivity index (χ1n) is 7.95. The van der Waals surface area contributed by atoms with Gasteiger partial charge in [-0.2, -0.15) is 10.1 Å². The van der Waals surface area contributed by atoms with E-state index >= 15 is 0 Å². The number of aromatic nitrogens is 4. The molecule has 2 heterocycles. The van der Waals surface area contributed by atoms with Gasteiger partial charge < -0.3 is 9.84 Å².